The van der Waals surface area contributed by atoms with E-state index >= 15 is 0 Å². The third kappa shape index (κ3) is 2.53. The van der Waals surface area contributed by atoms with Crippen molar-refractivity contribution in [1.82, 2.24) is 5.32 Å². The molecule has 0 bridgehead atoms. The van der Waals surface area contributed by atoms with Crippen molar-refractivity contribution in [2.75, 3.05) is 6.54 Å². The highest BCUT2D eigenvalue weighted by molar-refractivity contribution is 7.19. The molecule has 0 aliphatic heterocycles. The number of rotatable bonds is 5. The van der Waals surface area contributed by atoms with E-state index in [-0.39, 0.29) is 0 Å². The van der Waals surface area contributed by atoms with Crippen molar-refractivity contribution in [1.29, 1.82) is 0 Å². The molecule has 3 rings (SSSR count). The highest BCUT2D eigenvalue weighted by Gasteiger charge is 2.26. The van der Waals surface area contributed by atoms with Gasteiger partial charge in [-0.1, -0.05) is 38.0 Å². The van der Waals surface area contributed by atoms with Gasteiger partial charge in [-0.2, -0.15) is 0 Å². The third-order valence-corrected chi connectivity index (χ3v) is 4.73. The Hall–Kier alpha value is -0.860. The third-order valence-electron chi connectivity index (χ3n) is 3.50. The first-order valence-corrected chi connectivity index (χ1v) is 7.40. The van der Waals surface area contributed by atoms with E-state index in [0.717, 1.165) is 12.5 Å². The molecule has 1 unspecified atom stereocenters. The van der Waals surface area contributed by atoms with Crippen LogP contribution in [-0.4, -0.2) is 6.54 Å². The normalized spacial score (nSPS) is 17.5. The molecule has 0 radical (unpaired) electrons. The van der Waals surface area contributed by atoms with Crippen LogP contribution in [0.5, 0.6) is 0 Å². The molecule has 1 aliphatic rings. The minimum atomic E-state index is 0.574. The van der Waals surface area contributed by atoms with Crippen LogP contribution in [0.15, 0.2) is 30.3 Å². The van der Waals surface area contributed by atoms with E-state index in [4.69, 9.17) is 0 Å². The lowest BCUT2D eigenvalue weighted by atomic mass is 10.1. The van der Waals surface area contributed by atoms with Crippen LogP contribution in [0.4, 0.5) is 0 Å². The van der Waals surface area contributed by atoms with E-state index in [0.29, 0.717) is 6.04 Å². The predicted octanol–water partition coefficient (Wildman–Crippen LogP) is 4.35. The van der Waals surface area contributed by atoms with Crippen LogP contribution < -0.4 is 5.32 Å². The molecule has 1 saturated carbocycles. The zero-order valence-electron chi connectivity index (χ0n) is 10.3. The topological polar surface area (TPSA) is 12.0 Å². The van der Waals surface area contributed by atoms with Crippen molar-refractivity contribution < 1.29 is 0 Å². The highest BCUT2D eigenvalue weighted by Crippen LogP contribution is 2.40. The predicted molar refractivity (Wildman–Crippen MR) is 75.6 cm³/mol. The fourth-order valence-electron chi connectivity index (χ4n) is 2.41. The Morgan fingerprint density at radius 2 is 2.18 bits per heavy atom. The molecule has 1 aromatic heterocycles. The standard InChI is InChI=1S/C15H19NS/c1-2-16-13(9-11-7-8-11)15-10-12-5-3-4-6-14(12)17-15/h3-6,10-11,13,16H,2,7-9H2,1H3. The van der Waals surface area contributed by atoms with Gasteiger partial charge in [0.2, 0.25) is 0 Å². The average molecular weight is 245 g/mol. The van der Waals surface area contributed by atoms with Crippen molar-refractivity contribution in [3.63, 3.8) is 0 Å². The number of nitrogens with one attached hydrogen (secondary N) is 1. The van der Waals surface area contributed by atoms with Gasteiger partial charge in [-0.15, -0.1) is 11.3 Å². The Morgan fingerprint density at radius 3 is 2.88 bits per heavy atom. The second-order valence-electron chi connectivity index (χ2n) is 4.98. The summed E-state index contributed by atoms with van der Waals surface area (Å²) in [6.07, 6.45) is 4.19. The Bertz CT molecular complexity index is 465. The van der Waals surface area contributed by atoms with Crippen LogP contribution >= 0.6 is 11.3 Å². The molecule has 2 heteroatoms. The van der Waals surface area contributed by atoms with E-state index in [1.807, 2.05) is 11.3 Å². The Balaban J connectivity index is 1.87. The number of hydrogen-bond acceptors (Lipinski definition) is 2. The summed E-state index contributed by atoms with van der Waals surface area (Å²) in [5.41, 5.74) is 0. The first-order valence-electron chi connectivity index (χ1n) is 6.58. The smallest absolute Gasteiger partial charge is 0.0417 e. The van der Waals surface area contributed by atoms with Gasteiger partial charge in [0, 0.05) is 15.6 Å². The van der Waals surface area contributed by atoms with Gasteiger partial charge in [0.1, 0.15) is 0 Å². The van der Waals surface area contributed by atoms with Crippen LogP contribution in [0, 0.1) is 5.92 Å². The van der Waals surface area contributed by atoms with E-state index < -0.39 is 0 Å². The summed E-state index contributed by atoms with van der Waals surface area (Å²) in [7, 11) is 0. The Labute approximate surface area is 107 Å². The van der Waals surface area contributed by atoms with Crippen molar-refractivity contribution in [2.45, 2.75) is 32.2 Å². The first-order chi connectivity index (χ1) is 8.36. The summed E-state index contributed by atoms with van der Waals surface area (Å²) in [5, 5.41) is 5.04. The van der Waals surface area contributed by atoms with Gasteiger partial charge < -0.3 is 5.32 Å². The second kappa shape index (κ2) is 4.79. The molecule has 1 heterocycles. The maximum atomic E-state index is 3.64. The molecule has 90 valence electrons. The van der Waals surface area contributed by atoms with Gasteiger partial charge in [0.05, 0.1) is 0 Å². The monoisotopic (exact) mass is 245 g/mol. The summed E-state index contributed by atoms with van der Waals surface area (Å²) in [4.78, 5) is 1.51. The minimum Gasteiger partial charge on any atom is -0.310 e. The molecule has 1 nitrogen and oxygen atoms in total. The second-order valence-corrected chi connectivity index (χ2v) is 6.09. The van der Waals surface area contributed by atoms with Gasteiger partial charge >= 0.3 is 0 Å². The Morgan fingerprint density at radius 1 is 1.35 bits per heavy atom. The maximum Gasteiger partial charge on any atom is 0.0417 e. The Kier molecular flexibility index (Phi) is 3.17. The fraction of sp³-hybridized carbons (Fsp3) is 0.467. The molecule has 1 aromatic carbocycles. The molecular weight excluding hydrogens is 226 g/mol. The molecule has 1 aliphatic carbocycles. The van der Waals surface area contributed by atoms with Gasteiger partial charge in [-0.25, -0.2) is 0 Å². The number of fused-ring (bicyclic) bond motifs is 1. The van der Waals surface area contributed by atoms with Crippen LogP contribution in [0.3, 0.4) is 0 Å². The number of hydrogen-bond donors (Lipinski definition) is 1. The van der Waals surface area contributed by atoms with Crippen molar-refractivity contribution in [3.05, 3.63) is 35.2 Å². The van der Waals surface area contributed by atoms with Crippen molar-refractivity contribution >= 4 is 21.4 Å². The molecule has 1 atom stereocenters. The van der Waals surface area contributed by atoms with E-state index in [1.54, 1.807) is 0 Å². The number of thiophene rings is 1. The van der Waals surface area contributed by atoms with Crippen LogP contribution in [-0.2, 0) is 0 Å². The van der Waals surface area contributed by atoms with Crippen molar-refractivity contribution in [3.8, 4) is 0 Å². The van der Waals surface area contributed by atoms with Gasteiger partial charge in [-0.05, 0) is 36.4 Å². The van der Waals surface area contributed by atoms with Gasteiger partial charge in [-0.3, -0.25) is 0 Å². The van der Waals surface area contributed by atoms with Gasteiger partial charge in [0.25, 0.3) is 0 Å². The van der Waals surface area contributed by atoms with Crippen LogP contribution in [0.25, 0.3) is 10.1 Å². The zero-order valence-corrected chi connectivity index (χ0v) is 11.1. The van der Waals surface area contributed by atoms with E-state index in [1.165, 1.54) is 34.2 Å². The quantitative estimate of drug-likeness (QED) is 0.825. The molecule has 1 N–H and O–H groups in total. The minimum absolute atomic E-state index is 0.574. The molecule has 2 aromatic rings. The molecule has 0 saturated heterocycles. The lowest BCUT2D eigenvalue weighted by Gasteiger charge is -2.15. The first kappa shape index (κ1) is 11.2. The zero-order chi connectivity index (χ0) is 11.7. The number of benzene rings is 1. The molecule has 0 amide bonds. The largest absolute Gasteiger partial charge is 0.310 e. The summed E-state index contributed by atoms with van der Waals surface area (Å²) in [6, 6.07) is 11.6. The molecule has 1 fully saturated rings. The fourth-order valence-corrected chi connectivity index (χ4v) is 3.56. The molecule has 0 spiro atoms. The van der Waals surface area contributed by atoms with Crippen molar-refractivity contribution in [2.24, 2.45) is 5.92 Å². The summed E-state index contributed by atoms with van der Waals surface area (Å²) >= 11 is 1.95. The lowest BCUT2D eigenvalue weighted by Crippen LogP contribution is -2.20. The average Bonchev–Trinajstić information content (AvgIpc) is 3.05. The maximum absolute atomic E-state index is 3.64. The molecule has 17 heavy (non-hydrogen) atoms. The summed E-state index contributed by atoms with van der Waals surface area (Å²) in [6.45, 7) is 3.26. The summed E-state index contributed by atoms with van der Waals surface area (Å²) in [5.74, 6) is 0.976. The van der Waals surface area contributed by atoms with Gasteiger partial charge in [0.15, 0.2) is 0 Å². The summed E-state index contributed by atoms with van der Waals surface area (Å²) < 4.78 is 1.42. The molecular formula is C15H19NS. The SMILES string of the molecule is CCNC(CC1CC1)c1cc2ccccc2s1. The lowest BCUT2D eigenvalue weighted by molar-refractivity contribution is 0.494. The van der Waals surface area contributed by atoms with E-state index in [9.17, 15) is 0 Å². The van der Waals surface area contributed by atoms with E-state index in [2.05, 4.69) is 42.6 Å². The van der Waals surface area contributed by atoms with Crippen LogP contribution in [0.1, 0.15) is 37.1 Å². The van der Waals surface area contributed by atoms with Crippen LogP contribution in [0.2, 0.25) is 0 Å². The highest BCUT2D eigenvalue weighted by atomic mass is 32.1.